The Kier molecular flexibility index (Phi) is 3.59. The van der Waals surface area contributed by atoms with Crippen molar-refractivity contribution in [2.24, 2.45) is 0 Å². The van der Waals surface area contributed by atoms with Gasteiger partial charge in [-0.15, -0.1) is 0 Å². The molecule has 0 aromatic carbocycles. The number of hydrogen-bond acceptors (Lipinski definition) is 3. The number of hydrogen-bond donors (Lipinski definition) is 2. The van der Waals surface area contributed by atoms with E-state index in [-0.39, 0.29) is 5.69 Å². The van der Waals surface area contributed by atoms with Crippen LogP contribution in [0.1, 0.15) is 20.8 Å². The first kappa shape index (κ1) is 12.6. The molecule has 16 heavy (non-hydrogen) atoms. The van der Waals surface area contributed by atoms with Gasteiger partial charge in [0, 0.05) is 6.20 Å². The number of aromatic nitrogens is 1. The van der Waals surface area contributed by atoms with E-state index in [1.165, 1.54) is 12.3 Å². The lowest BCUT2D eigenvalue weighted by Crippen LogP contribution is -2.29. The molecular formula is C10H13ClN2O3. The van der Waals surface area contributed by atoms with Crippen LogP contribution in [0, 0.1) is 0 Å². The smallest absolute Gasteiger partial charge is 0.412 e. The molecule has 0 radical (unpaired) electrons. The van der Waals surface area contributed by atoms with Gasteiger partial charge >= 0.3 is 6.09 Å². The number of nitrogens with one attached hydrogen (secondary N) is 2. The Morgan fingerprint density at radius 3 is 2.69 bits per heavy atom. The van der Waals surface area contributed by atoms with E-state index in [0.717, 1.165) is 0 Å². The van der Waals surface area contributed by atoms with Crippen LogP contribution in [-0.4, -0.2) is 16.7 Å². The van der Waals surface area contributed by atoms with Gasteiger partial charge in [-0.3, -0.25) is 10.1 Å². The van der Waals surface area contributed by atoms with Crippen molar-refractivity contribution < 1.29 is 9.53 Å². The second kappa shape index (κ2) is 4.57. The highest BCUT2D eigenvalue weighted by Gasteiger charge is 2.17. The van der Waals surface area contributed by atoms with Crippen LogP contribution in [0.5, 0.6) is 0 Å². The fourth-order valence-corrected chi connectivity index (χ4v) is 1.13. The monoisotopic (exact) mass is 244 g/mol. The molecule has 1 rings (SSSR count). The molecule has 1 aromatic rings. The van der Waals surface area contributed by atoms with E-state index in [4.69, 9.17) is 16.3 Å². The fraction of sp³-hybridized carbons (Fsp3) is 0.400. The lowest BCUT2D eigenvalue weighted by atomic mass is 10.2. The van der Waals surface area contributed by atoms with Crippen LogP contribution in [0.4, 0.5) is 10.5 Å². The second-order valence-electron chi connectivity index (χ2n) is 4.19. The van der Waals surface area contributed by atoms with Crippen LogP contribution in [0.3, 0.4) is 0 Å². The summed E-state index contributed by atoms with van der Waals surface area (Å²) < 4.78 is 4.99. The van der Waals surface area contributed by atoms with Crippen molar-refractivity contribution in [3.05, 3.63) is 27.6 Å². The third-order valence-corrected chi connectivity index (χ3v) is 1.72. The van der Waals surface area contributed by atoms with Crippen molar-refractivity contribution in [2.75, 3.05) is 5.32 Å². The normalized spacial score (nSPS) is 11.0. The number of pyridine rings is 1. The van der Waals surface area contributed by atoms with E-state index >= 15 is 0 Å². The van der Waals surface area contributed by atoms with Crippen molar-refractivity contribution in [3.63, 3.8) is 0 Å². The minimum absolute atomic E-state index is 0.0572. The molecule has 88 valence electrons. The molecule has 5 nitrogen and oxygen atoms in total. The predicted molar refractivity (Wildman–Crippen MR) is 61.9 cm³/mol. The molecule has 0 aliphatic carbocycles. The number of H-pyrrole nitrogens is 1. The molecule has 1 heterocycles. The number of amides is 1. The average molecular weight is 245 g/mol. The van der Waals surface area contributed by atoms with Crippen molar-refractivity contribution in [1.29, 1.82) is 0 Å². The summed E-state index contributed by atoms with van der Waals surface area (Å²) >= 11 is 5.67. The summed E-state index contributed by atoms with van der Waals surface area (Å²) in [6.45, 7) is 5.19. The highest BCUT2D eigenvalue weighted by atomic mass is 35.5. The summed E-state index contributed by atoms with van der Waals surface area (Å²) in [4.78, 5) is 25.0. The van der Waals surface area contributed by atoms with Gasteiger partial charge in [0.25, 0.3) is 5.56 Å². The summed E-state index contributed by atoms with van der Waals surface area (Å²) in [6.07, 6.45) is 0.643. The van der Waals surface area contributed by atoms with E-state index in [1.807, 2.05) is 0 Å². The molecule has 6 heteroatoms. The number of rotatable bonds is 1. The van der Waals surface area contributed by atoms with Gasteiger partial charge in [-0.1, -0.05) is 11.6 Å². The quantitative estimate of drug-likeness (QED) is 0.797. The minimum Gasteiger partial charge on any atom is -0.444 e. The van der Waals surface area contributed by atoms with Gasteiger partial charge in [0.15, 0.2) is 0 Å². The lowest BCUT2D eigenvalue weighted by molar-refractivity contribution is 0.0635. The average Bonchev–Trinajstić information content (AvgIpc) is 2.08. The molecule has 2 N–H and O–H groups in total. The van der Waals surface area contributed by atoms with E-state index in [2.05, 4.69) is 10.3 Å². The zero-order valence-electron chi connectivity index (χ0n) is 9.26. The summed E-state index contributed by atoms with van der Waals surface area (Å²) in [7, 11) is 0. The minimum atomic E-state index is -0.694. The molecule has 0 bridgehead atoms. The summed E-state index contributed by atoms with van der Waals surface area (Å²) in [5.41, 5.74) is -0.993. The number of anilines is 1. The zero-order valence-corrected chi connectivity index (χ0v) is 10.0. The van der Waals surface area contributed by atoms with Crippen molar-refractivity contribution >= 4 is 23.4 Å². The number of halogens is 1. The number of ether oxygens (including phenoxy) is 1. The molecule has 0 spiro atoms. The Labute approximate surface area is 97.8 Å². The van der Waals surface area contributed by atoms with Gasteiger partial charge in [0.2, 0.25) is 0 Å². The molecule has 0 atom stereocenters. The Hall–Kier alpha value is -1.49. The number of carbonyl (C=O) groups is 1. The van der Waals surface area contributed by atoms with Gasteiger partial charge < -0.3 is 9.72 Å². The van der Waals surface area contributed by atoms with Gasteiger partial charge in [0.1, 0.15) is 11.3 Å². The zero-order chi connectivity index (χ0) is 12.3. The highest BCUT2D eigenvalue weighted by molar-refractivity contribution is 6.30. The van der Waals surface area contributed by atoms with Crippen LogP contribution in [0.15, 0.2) is 17.1 Å². The summed E-state index contributed by atoms with van der Waals surface area (Å²) in [6, 6.07) is 1.35. The summed E-state index contributed by atoms with van der Waals surface area (Å²) in [5, 5.41) is 2.64. The first-order valence-electron chi connectivity index (χ1n) is 4.66. The maximum atomic E-state index is 11.4. The maximum Gasteiger partial charge on any atom is 0.412 e. The third kappa shape index (κ3) is 3.94. The molecule has 0 aliphatic rings. The van der Waals surface area contributed by atoms with Crippen LogP contribution in [0.2, 0.25) is 5.02 Å². The standard InChI is InChI=1S/C10H13ClN2O3/c1-10(2,3)16-9(15)13-7-4-6(11)5-12-8(7)14/h4-5H,1-3H3,(H,12,14)(H,13,15). The first-order valence-corrected chi connectivity index (χ1v) is 5.04. The Morgan fingerprint density at radius 1 is 1.50 bits per heavy atom. The first-order chi connectivity index (χ1) is 7.28. The number of carbonyl (C=O) groups excluding carboxylic acids is 1. The lowest BCUT2D eigenvalue weighted by Gasteiger charge is -2.19. The number of aromatic amines is 1. The Bertz CT molecular complexity index is 448. The SMILES string of the molecule is CC(C)(C)OC(=O)Nc1cc(Cl)c[nH]c1=O. The van der Waals surface area contributed by atoms with E-state index in [1.54, 1.807) is 20.8 Å². The van der Waals surface area contributed by atoms with Crippen molar-refractivity contribution in [3.8, 4) is 0 Å². The molecule has 0 fully saturated rings. The molecule has 0 aliphatic heterocycles. The molecule has 0 unspecified atom stereocenters. The van der Waals surface area contributed by atoms with Crippen LogP contribution in [0.25, 0.3) is 0 Å². The van der Waals surface area contributed by atoms with Gasteiger partial charge in [-0.05, 0) is 26.8 Å². The Morgan fingerprint density at radius 2 is 2.12 bits per heavy atom. The molecule has 1 aromatic heterocycles. The van der Waals surface area contributed by atoms with Gasteiger partial charge in [0.05, 0.1) is 5.02 Å². The maximum absolute atomic E-state index is 11.4. The van der Waals surface area contributed by atoms with Crippen LogP contribution < -0.4 is 10.9 Å². The topological polar surface area (TPSA) is 71.2 Å². The van der Waals surface area contributed by atoms with Crippen molar-refractivity contribution in [1.82, 2.24) is 4.98 Å². The van der Waals surface area contributed by atoms with Gasteiger partial charge in [-0.25, -0.2) is 4.79 Å². The van der Waals surface area contributed by atoms with Crippen LogP contribution >= 0.6 is 11.6 Å². The molecule has 0 saturated carbocycles. The fourth-order valence-electron chi connectivity index (χ4n) is 0.964. The molecule has 0 saturated heterocycles. The van der Waals surface area contributed by atoms with E-state index in [0.29, 0.717) is 5.02 Å². The largest absolute Gasteiger partial charge is 0.444 e. The molecule has 1 amide bonds. The van der Waals surface area contributed by atoms with Crippen LogP contribution in [-0.2, 0) is 4.74 Å². The van der Waals surface area contributed by atoms with E-state index < -0.39 is 17.3 Å². The Balaban J connectivity index is 2.77. The molecular weight excluding hydrogens is 232 g/mol. The third-order valence-electron chi connectivity index (χ3n) is 1.50. The van der Waals surface area contributed by atoms with Gasteiger partial charge in [-0.2, -0.15) is 0 Å². The summed E-state index contributed by atoms with van der Waals surface area (Å²) in [5.74, 6) is 0. The predicted octanol–water partition coefficient (Wildman–Crippen LogP) is 2.38. The van der Waals surface area contributed by atoms with E-state index in [9.17, 15) is 9.59 Å². The second-order valence-corrected chi connectivity index (χ2v) is 4.62. The van der Waals surface area contributed by atoms with Crippen molar-refractivity contribution in [2.45, 2.75) is 26.4 Å². The highest BCUT2D eigenvalue weighted by Crippen LogP contribution is 2.11.